The third-order valence-electron chi connectivity index (χ3n) is 7.27. The van der Waals surface area contributed by atoms with E-state index in [1.807, 2.05) is 60.8 Å². The summed E-state index contributed by atoms with van der Waals surface area (Å²) < 4.78 is 5.80. The first-order valence-electron chi connectivity index (χ1n) is 12.9. The third-order valence-corrected chi connectivity index (χ3v) is 7.27. The molecule has 1 aliphatic rings. The van der Waals surface area contributed by atoms with Gasteiger partial charge in [-0.05, 0) is 55.7 Å². The molecule has 4 atom stereocenters. The highest BCUT2D eigenvalue weighted by atomic mass is 16.6. The predicted molar refractivity (Wildman–Crippen MR) is 141 cm³/mol. The zero-order valence-corrected chi connectivity index (χ0v) is 21.1. The van der Waals surface area contributed by atoms with Gasteiger partial charge in [-0.15, -0.1) is 0 Å². The number of H-pyrrole nitrogens is 1. The molecule has 1 aromatic heterocycles. The zero-order chi connectivity index (χ0) is 25.5. The average Bonchev–Trinajstić information content (AvgIpc) is 3.28. The van der Waals surface area contributed by atoms with Crippen LogP contribution < -0.4 is 10.6 Å². The first-order valence-corrected chi connectivity index (χ1v) is 12.9. The molecule has 1 fully saturated rings. The molecule has 2 amide bonds. The van der Waals surface area contributed by atoms with Gasteiger partial charge in [0.1, 0.15) is 11.6 Å². The van der Waals surface area contributed by atoms with Crippen LogP contribution in [0.4, 0.5) is 4.79 Å². The normalized spacial score (nSPS) is 20.3. The summed E-state index contributed by atoms with van der Waals surface area (Å²) in [7, 11) is 0. The number of amides is 2. The number of benzene rings is 2. The molecule has 2 unspecified atom stereocenters. The van der Waals surface area contributed by atoms with Crippen LogP contribution in [0.25, 0.3) is 10.9 Å². The maximum Gasteiger partial charge on any atom is 0.408 e. The SMILES string of the molecule is CC1CCCCC1OC(=O)N[C@](C)(Cc1c[nH]c2ccccc12)C(=O)N[C@@H](CO)Cc1ccccc1. The number of fused-ring (bicyclic) bond motifs is 1. The van der Waals surface area contributed by atoms with E-state index in [9.17, 15) is 14.7 Å². The molecule has 3 aromatic rings. The van der Waals surface area contributed by atoms with E-state index in [-0.39, 0.29) is 25.0 Å². The Bertz CT molecular complexity index is 1160. The van der Waals surface area contributed by atoms with Gasteiger partial charge >= 0.3 is 6.09 Å². The van der Waals surface area contributed by atoms with Crippen molar-refractivity contribution in [3.8, 4) is 0 Å². The zero-order valence-electron chi connectivity index (χ0n) is 21.1. The molecule has 7 heteroatoms. The molecule has 0 radical (unpaired) electrons. The molecule has 1 saturated carbocycles. The molecule has 0 bridgehead atoms. The Balaban J connectivity index is 1.54. The molecule has 7 nitrogen and oxygen atoms in total. The van der Waals surface area contributed by atoms with Crippen molar-refractivity contribution in [2.45, 2.75) is 70.1 Å². The fourth-order valence-electron chi connectivity index (χ4n) is 5.09. The largest absolute Gasteiger partial charge is 0.446 e. The summed E-state index contributed by atoms with van der Waals surface area (Å²) in [5, 5.41) is 16.8. The fraction of sp³-hybridized carbons (Fsp3) is 0.448. The van der Waals surface area contributed by atoms with Crippen LogP contribution in [0.15, 0.2) is 60.8 Å². The lowest BCUT2D eigenvalue weighted by Gasteiger charge is -2.33. The topological polar surface area (TPSA) is 103 Å². The monoisotopic (exact) mass is 491 g/mol. The molecular weight excluding hydrogens is 454 g/mol. The number of aromatic amines is 1. The molecule has 4 rings (SSSR count). The van der Waals surface area contributed by atoms with Gasteiger partial charge in [0.05, 0.1) is 12.6 Å². The van der Waals surface area contributed by atoms with Gasteiger partial charge < -0.3 is 25.5 Å². The van der Waals surface area contributed by atoms with E-state index in [4.69, 9.17) is 4.74 Å². The molecule has 1 aliphatic carbocycles. The molecular formula is C29H37N3O4. The van der Waals surface area contributed by atoms with Gasteiger partial charge in [0.15, 0.2) is 0 Å². The smallest absolute Gasteiger partial charge is 0.408 e. The first kappa shape index (κ1) is 25.8. The number of nitrogens with one attached hydrogen (secondary N) is 3. The number of aliphatic hydroxyl groups excluding tert-OH is 1. The van der Waals surface area contributed by atoms with Crippen LogP contribution in [0.3, 0.4) is 0 Å². The summed E-state index contributed by atoms with van der Waals surface area (Å²) in [4.78, 5) is 30.0. The standard InChI is InChI=1S/C29H37N3O4/c1-20-10-6-9-15-26(20)36-28(35)32-29(2,17-22-18-30-25-14-8-7-13-24(22)25)27(34)31-23(19-33)16-21-11-4-3-5-12-21/h3-5,7-8,11-14,18,20,23,26,30,33H,6,9-10,15-17,19H2,1-2H3,(H,31,34)(H,32,35)/t20?,23-,26?,29-/m1/s1. The Morgan fingerprint density at radius 3 is 2.58 bits per heavy atom. The van der Waals surface area contributed by atoms with Gasteiger partial charge in [0, 0.05) is 23.5 Å². The first-order chi connectivity index (χ1) is 17.4. The number of carbonyl (C=O) groups excluding carboxylic acids is 2. The Kier molecular flexibility index (Phi) is 8.31. The lowest BCUT2D eigenvalue weighted by atomic mass is 9.88. The lowest BCUT2D eigenvalue weighted by Crippen LogP contribution is -2.60. The second-order valence-corrected chi connectivity index (χ2v) is 10.2. The number of carbonyl (C=O) groups is 2. The summed E-state index contributed by atoms with van der Waals surface area (Å²) in [5.74, 6) is -0.0701. The van der Waals surface area contributed by atoms with Gasteiger partial charge in [-0.1, -0.05) is 61.9 Å². The molecule has 192 valence electrons. The van der Waals surface area contributed by atoms with E-state index in [1.165, 1.54) is 0 Å². The summed E-state index contributed by atoms with van der Waals surface area (Å²) in [6, 6.07) is 17.1. The van der Waals surface area contributed by atoms with Crippen molar-refractivity contribution in [2.24, 2.45) is 5.92 Å². The van der Waals surface area contributed by atoms with Gasteiger partial charge in [0.2, 0.25) is 5.91 Å². The molecule has 2 aromatic carbocycles. The van der Waals surface area contributed by atoms with Crippen molar-refractivity contribution in [2.75, 3.05) is 6.61 Å². The van der Waals surface area contributed by atoms with E-state index in [1.54, 1.807) is 6.92 Å². The molecule has 0 spiro atoms. The summed E-state index contributed by atoms with van der Waals surface area (Å²) in [6.07, 6.45) is 5.93. The van der Waals surface area contributed by atoms with Crippen molar-refractivity contribution in [3.05, 3.63) is 71.9 Å². The number of hydrogen-bond acceptors (Lipinski definition) is 4. The maximum absolute atomic E-state index is 13.7. The highest BCUT2D eigenvalue weighted by Gasteiger charge is 2.38. The lowest BCUT2D eigenvalue weighted by molar-refractivity contribution is -0.128. The number of para-hydroxylation sites is 1. The van der Waals surface area contributed by atoms with E-state index in [0.29, 0.717) is 12.3 Å². The van der Waals surface area contributed by atoms with E-state index < -0.39 is 17.7 Å². The predicted octanol–water partition coefficient (Wildman–Crippen LogP) is 4.49. The Morgan fingerprint density at radius 2 is 1.83 bits per heavy atom. The van der Waals surface area contributed by atoms with Gasteiger partial charge in [-0.3, -0.25) is 4.79 Å². The van der Waals surface area contributed by atoms with E-state index >= 15 is 0 Å². The molecule has 0 aliphatic heterocycles. The summed E-state index contributed by atoms with van der Waals surface area (Å²) in [5.41, 5.74) is 1.60. The van der Waals surface area contributed by atoms with Crippen LogP contribution in [0.5, 0.6) is 0 Å². The highest BCUT2D eigenvalue weighted by molar-refractivity contribution is 5.91. The number of rotatable bonds is 9. The van der Waals surface area contributed by atoms with Crippen LogP contribution in [0.1, 0.15) is 50.7 Å². The van der Waals surface area contributed by atoms with Crippen LogP contribution in [0.2, 0.25) is 0 Å². The van der Waals surface area contributed by atoms with Crippen LogP contribution in [-0.4, -0.2) is 46.4 Å². The average molecular weight is 492 g/mol. The number of hydrogen-bond donors (Lipinski definition) is 4. The van der Waals surface area contributed by atoms with Crippen LogP contribution in [-0.2, 0) is 22.4 Å². The van der Waals surface area contributed by atoms with Crippen molar-refractivity contribution in [1.29, 1.82) is 0 Å². The van der Waals surface area contributed by atoms with Gasteiger partial charge in [-0.2, -0.15) is 0 Å². The number of aromatic nitrogens is 1. The second kappa shape index (κ2) is 11.6. The number of alkyl carbamates (subject to hydrolysis) is 1. The second-order valence-electron chi connectivity index (χ2n) is 10.2. The summed E-state index contributed by atoms with van der Waals surface area (Å²) >= 11 is 0. The minimum atomic E-state index is -1.29. The molecule has 1 heterocycles. The van der Waals surface area contributed by atoms with E-state index in [0.717, 1.165) is 47.7 Å². The maximum atomic E-state index is 13.7. The minimum absolute atomic E-state index is 0.151. The van der Waals surface area contributed by atoms with Crippen molar-refractivity contribution in [3.63, 3.8) is 0 Å². The summed E-state index contributed by atoms with van der Waals surface area (Å²) in [6.45, 7) is 3.60. The third kappa shape index (κ3) is 6.26. The molecule has 0 saturated heterocycles. The van der Waals surface area contributed by atoms with E-state index in [2.05, 4.69) is 22.5 Å². The highest BCUT2D eigenvalue weighted by Crippen LogP contribution is 2.27. The fourth-order valence-corrected chi connectivity index (χ4v) is 5.09. The Hall–Kier alpha value is -3.32. The van der Waals surface area contributed by atoms with Crippen LogP contribution >= 0.6 is 0 Å². The van der Waals surface area contributed by atoms with Crippen molar-refractivity contribution in [1.82, 2.24) is 15.6 Å². The molecule has 36 heavy (non-hydrogen) atoms. The van der Waals surface area contributed by atoms with Crippen molar-refractivity contribution < 1.29 is 19.4 Å². The van der Waals surface area contributed by atoms with Crippen molar-refractivity contribution >= 4 is 22.9 Å². The quantitative estimate of drug-likeness (QED) is 0.354. The number of aliphatic hydroxyl groups is 1. The Morgan fingerprint density at radius 1 is 1.11 bits per heavy atom. The van der Waals surface area contributed by atoms with Gasteiger partial charge in [0.25, 0.3) is 0 Å². The minimum Gasteiger partial charge on any atom is -0.446 e. The number of ether oxygens (including phenoxy) is 1. The Labute approximate surface area is 212 Å². The molecule has 4 N–H and O–H groups in total. The van der Waals surface area contributed by atoms with Gasteiger partial charge in [-0.25, -0.2) is 4.79 Å². The van der Waals surface area contributed by atoms with Crippen LogP contribution in [0, 0.1) is 5.92 Å².